The average molecular weight is 299 g/mol. The van der Waals surface area contributed by atoms with Crippen molar-refractivity contribution in [3.05, 3.63) is 29.6 Å². The summed E-state index contributed by atoms with van der Waals surface area (Å²) < 4.78 is 28.5. The molecule has 0 spiro atoms. The lowest BCUT2D eigenvalue weighted by Crippen LogP contribution is -2.35. The topological polar surface area (TPSA) is 48.0 Å². The maximum Gasteiger partial charge on any atom is 0.176 e. The molecule has 0 N–H and O–H groups in total. The van der Waals surface area contributed by atoms with Gasteiger partial charge >= 0.3 is 0 Å². The fourth-order valence-corrected chi connectivity index (χ4v) is 1.84. The molecule has 6 heteroatoms. The van der Waals surface area contributed by atoms with E-state index in [2.05, 4.69) is 0 Å². The van der Waals surface area contributed by atoms with Gasteiger partial charge in [-0.15, -0.1) is 0 Å². The molecule has 0 fully saturated rings. The van der Waals surface area contributed by atoms with Gasteiger partial charge in [0, 0.05) is 32.9 Å². The summed E-state index contributed by atoms with van der Waals surface area (Å²) in [7, 11) is 4.60. The van der Waals surface area contributed by atoms with Crippen molar-refractivity contribution in [2.75, 3.05) is 54.2 Å². The minimum absolute atomic E-state index is 0.127. The van der Waals surface area contributed by atoms with E-state index in [1.165, 1.54) is 19.2 Å². The summed E-state index contributed by atoms with van der Waals surface area (Å²) in [5, 5.41) is 0. The van der Waals surface area contributed by atoms with Crippen molar-refractivity contribution >= 4 is 5.78 Å². The molecule has 0 bridgehead atoms. The molecule has 0 radical (unpaired) electrons. The number of carbonyl (C=O) groups excluding carboxylic acids is 1. The molecular weight excluding hydrogens is 277 g/mol. The Morgan fingerprint density at radius 3 is 2.24 bits per heavy atom. The van der Waals surface area contributed by atoms with E-state index in [9.17, 15) is 9.18 Å². The Bertz CT molecular complexity index is 445. The Labute approximate surface area is 124 Å². The van der Waals surface area contributed by atoms with Gasteiger partial charge in [0.2, 0.25) is 0 Å². The highest BCUT2D eigenvalue weighted by Crippen LogP contribution is 2.18. The summed E-state index contributed by atoms with van der Waals surface area (Å²) in [6, 6.07) is 4.22. The van der Waals surface area contributed by atoms with E-state index in [0.717, 1.165) is 0 Å². The second-order valence-corrected chi connectivity index (χ2v) is 4.53. The number of ether oxygens (including phenoxy) is 3. The van der Waals surface area contributed by atoms with Gasteiger partial charge in [0.15, 0.2) is 17.3 Å². The lowest BCUT2D eigenvalue weighted by Gasteiger charge is -2.20. The van der Waals surface area contributed by atoms with Crippen LogP contribution in [0, 0.1) is 5.82 Å². The van der Waals surface area contributed by atoms with Crippen molar-refractivity contribution in [1.29, 1.82) is 0 Å². The number of hydrogen-bond donors (Lipinski definition) is 0. The number of Topliss-reactive ketones (excluding diaryl/α,β-unsaturated/α-hetero) is 1. The number of rotatable bonds is 10. The fourth-order valence-electron chi connectivity index (χ4n) is 1.84. The van der Waals surface area contributed by atoms with Crippen LogP contribution < -0.4 is 4.74 Å². The molecule has 0 aliphatic heterocycles. The van der Waals surface area contributed by atoms with Gasteiger partial charge in [0.05, 0.1) is 26.9 Å². The quantitative estimate of drug-likeness (QED) is 0.614. The smallest absolute Gasteiger partial charge is 0.176 e. The zero-order valence-electron chi connectivity index (χ0n) is 12.7. The third-order valence-corrected chi connectivity index (χ3v) is 3.06. The van der Waals surface area contributed by atoms with Crippen molar-refractivity contribution in [3.8, 4) is 5.75 Å². The molecule has 1 aromatic rings. The first-order valence-electron chi connectivity index (χ1n) is 6.69. The number of carbonyl (C=O) groups is 1. The summed E-state index contributed by atoms with van der Waals surface area (Å²) >= 11 is 0. The standard InChI is InChI=1S/C15H22FNO4/c1-19-8-6-17(7-9-20-2)11-14(18)12-4-5-15(21-3)13(16)10-12/h4-5,10H,6-9,11H2,1-3H3. The van der Waals surface area contributed by atoms with Gasteiger partial charge in [-0.05, 0) is 18.2 Å². The highest BCUT2D eigenvalue weighted by molar-refractivity contribution is 5.97. The molecule has 0 heterocycles. The Balaban J connectivity index is 2.68. The zero-order chi connectivity index (χ0) is 15.7. The average Bonchev–Trinajstić information content (AvgIpc) is 2.49. The maximum absolute atomic E-state index is 13.6. The molecule has 0 saturated carbocycles. The van der Waals surface area contributed by atoms with Crippen molar-refractivity contribution in [2.24, 2.45) is 0 Å². The summed E-state index contributed by atoms with van der Waals surface area (Å²) in [5.41, 5.74) is 0.327. The Kier molecular flexibility index (Phi) is 7.89. The third kappa shape index (κ3) is 5.79. The number of ketones is 1. The van der Waals surface area contributed by atoms with E-state index in [1.54, 1.807) is 20.3 Å². The number of nitrogens with zero attached hydrogens (tertiary/aromatic N) is 1. The normalized spacial score (nSPS) is 10.9. The monoisotopic (exact) mass is 299 g/mol. The molecule has 1 aromatic carbocycles. The molecule has 0 aliphatic rings. The van der Waals surface area contributed by atoms with Crippen LogP contribution in [0.25, 0.3) is 0 Å². The lowest BCUT2D eigenvalue weighted by molar-refractivity contribution is 0.0836. The molecular formula is C15H22FNO4. The molecule has 21 heavy (non-hydrogen) atoms. The molecule has 0 aliphatic carbocycles. The largest absolute Gasteiger partial charge is 0.494 e. The van der Waals surface area contributed by atoms with Crippen LogP contribution >= 0.6 is 0 Å². The first-order valence-corrected chi connectivity index (χ1v) is 6.69. The van der Waals surface area contributed by atoms with E-state index in [4.69, 9.17) is 14.2 Å². The van der Waals surface area contributed by atoms with Gasteiger partial charge < -0.3 is 14.2 Å². The van der Waals surface area contributed by atoms with Gasteiger partial charge in [0.1, 0.15) is 0 Å². The Morgan fingerprint density at radius 1 is 1.14 bits per heavy atom. The highest BCUT2D eigenvalue weighted by atomic mass is 19.1. The number of hydrogen-bond acceptors (Lipinski definition) is 5. The molecule has 0 saturated heterocycles. The predicted octanol–water partition coefficient (Wildman–Crippen LogP) is 1.61. The SMILES string of the molecule is COCCN(CCOC)CC(=O)c1ccc(OC)c(F)c1. The van der Waals surface area contributed by atoms with Crippen LogP contribution in [0.15, 0.2) is 18.2 Å². The molecule has 0 atom stereocenters. The Hall–Kier alpha value is -1.50. The van der Waals surface area contributed by atoms with Gasteiger partial charge in [-0.3, -0.25) is 9.69 Å². The van der Waals surface area contributed by atoms with Crippen LogP contribution in [0.5, 0.6) is 5.75 Å². The van der Waals surface area contributed by atoms with Crippen molar-refractivity contribution in [1.82, 2.24) is 4.90 Å². The summed E-state index contributed by atoms with van der Waals surface area (Å²) in [6.07, 6.45) is 0. The first-order chi connectivity index (χ1) is 10.1. The molecule has 1 rings (SSSR count). The van der Waals surface area contributed by atoms with E-state index in [1.807, 2.05) is 4.90 Å². The van der Waals surface area contributed by atoms with E-state index in [-0.39, 0.29) is 18.1 Å². The second kappa shape index (κ2) is 9.44. The van der Waals surface area contributed by atoms with Crippen molar-refractivity contribution in [3.63, 3.8) is 0 Å². The molecule has 0 unspecified atom stereocenters. The lowest BCUT2D eigenvalue weighted by atomic mass is 10.1. The van der Waals surface area contributed by atoms with Crippen LogP contribution in [0.2, 0.25) is 0 Å². The van der Waals surface area contributed by atoms with Crippen LogP contribution in [-0.4, -0.2) is 64.9 Å². The summed E-state index contributed by atoms with van der Waals surface area (Å²) in [5.74, 6) is -0.561. The maximum atomic E-state index is 13.6. The van der Waals surface area contributed by atoms with Crippen molar-refractivity contribution < 1.29 is 23.4 Å². The minimum atomic E-state index is -0.538. The van der Waals surface area contributed by atoms with Gasteiger partial charge in [0.25, 0.3) is 0 Å². The number of halogens is 1. The second-order valence-electron chi connectivity index (χ2n) is 4.53. The van der Waals surface area contributed by atoms with E-state index in [0.29, 0.717) is 31.9 Å². The first kappa shape index (κ1) is 17.6. The third-order valence-electron chi connectivity index (χ3n) is 3.06. The zero-order valence-corrected chi connectivity index (χ0v) is 12.7. The van der Waals surface area contributed by atoms with E-state index >= 15 is 0 Å². The van der Waals surface area contributed by atoms with Gasteiger partial charge in [-0.25, -0.2) is 4.39 Å². The van der Waals surface area contributed by atoms with Gasteiger partial charge in [-0.1, -0.05) is 0 Å². The summed E-state index contributed by atoms with van der Waals surface area (Å²) in [6.45, 7) is 2.47. The van der Waals surface area contributed by atoms with Crippen molar-refractivity contribution in [2.45, 2.75) is 0 Å². The number of benzene rings is 1. The molecule has 0 aromatic heterocycles. The summed E-state index contributed by atoms with van der Waals surface area (Å²) in [4.78, 5) is 14.1. The Morgan fingerprint density at radius 2 is 1.76 bits per heavy atom. The molecule has 0 amide bonds. The fraction of sp³-hybridized carbons (Fsp3) is 0.533. The van der Waals surface area contributed by atoms with Crippen LogP contribution in [0.3, 0.4) is 0 Å². The van der Waals surface area contributed by atoms with Crippen LogP contribution in [0.4, 0.5) is 4.39 Å². The molecule has 5 nitrogen and oxygen atoms in total. The molecule has 118 valence electrons. The van der Waals surface area contributed by atoms with Crippen LogP contribution in [-0.2, 0) is 9.47 Å². The predicted molar refractivity (Wildman–Crippen MR) is 77.5 cm³/mol. The van der Waals surface area contributed by atoms with Gasteiger partial charge in [-0.2, -0.15) is 0 Å². The highest BCUT2D eigenvalue weighted by Gasteiger charge is 2.14. The van der Waals surface area contributed by atoms with Crippen LogP contribution in [0.1, 0.15) is 10.4 Å². The number of methoxy groups -OCH3 is 3. The van der Waals surface area contributed by atoms with E-state index < -0.39 is 5.82 Å². The minimum Gasteiger partial charge on any atom is -0.494 e.